The molecule has 2 amide bonds. The molecule has 0 aromatic heterocycles. The third kappa shape index (κ3) is 4.89. The molecule has 0 radical (unpaired) electrons. The van der Waals surface area contributed by atoms with Gasteiger partial charge in [-0.2, -0.15) is 0 Å². The van der Waals surface area contributed by atoms with Crippen LogP contribution in [0.15, 0.2) is 36.4 Å². The lowest BCUT2D eigenvalue weighted by Gasteiger charge is -2.44. The summed E-state index contributed by atoms with van der Waals surface area (Å²) in [5.41, 5.74) is 0.284. The molecule has 5 N–H and O–H groups in total. The average molecular weight is 591 g/mol. The number of aliphatic hydroxyl groups excluding tert-OH is 3. The van der Waals surface area contributed by atoms with Crippen molar-refractivity contribution < 1.29 is 53.8 Å². The van der Waals surface area contributed by atoms with Crippen molar-refractivity contribution in [1.82, 2.24) is 10.2 Å². The zero-order valence-corrected chi connectivity index (χ0v) is 23.1. The maximum atomic E-state index is 13.5. The number of carboxylic acids is 1. The van der Waals surface area contributed by atoms with Gasteiger partial charge in [-0.25, -0.2) is 9.59 Å². The molecule has 220 valence electrons. The predicted molar refractivity (Wildman–Crippen MR) is 143 cm³/mol. The number of carboxylic acid groups (broad SMARTS) is 1. The largest absolute Gasteiger partial charge is 0.493 e. The molecule has 3 saturated heterocycles. The van der Waals surface area contributed by atoms with E-state index in [9.17, 15) is 39.6 Å². The molecule has 3 heterocycles. The standard InChI is InChI=1S/C27H30N2O11S/c1-4-38-13-10-9-11-7-5-6-8-12(11)14(13)21(33)28-15-22(34)29-20(27(2,3)41-23(15)29)25(37)40-26-18(32)16(30)17(31)19(39-26)24(35)36/h5-10,15-20,23,26,30-32H,4H2,1-3H3,(H,28,33)(H,35,36)/t15-,16?,17?,18?,19?,20+,23-,26?/m1/s1. The van der Waals surface area contributed by atoms with Crippen molar-refractivity contribution in [3.63, 3.8) is 0 Å². The van der Waals surface area contributed by atoms with E-state index in [2.05, 4.69) is 5.32 Å². The van der Waals surface area contributed by atoms with Gasteiger partial charge in [0, 0.05) is 4.75 Å². The van der Waals surface area contributed by atoms with Gasteiger partial charge in [0.2, 0.25) is 12.2 Å². The first-order valence-electron chi connectivity index (χ1n) is 13.0. The highest BCUT2D eigenvalue weighted by Crippen LogP contribution is 2.51. The van der Waals surface area contributed by atoms with Gasteiger partial charge in [-0.15, -0.1) is 11.8 Å². The van der Waals surface area contributed by atoms with E-state index in [-0.39, 0.29) is 5.56 Å². The van der Waals surface area contributed by atoms with Crippen molar-refractivity contribution in [3.05, 3.63) is 42.0 Å². The summed E-state index contributed by atoms with van der Waals surface area (Å²) in [4.78, 5) is 52.7. The molecule has 8 atom stereocenters. The number of aliphatic hydroxyl groups is 3. The number of carbonyl (C=O) groups is 4. The molecule has 0 saturated carbocycles. The van der Waals surface area contributed by atoms with Gasteiger partial charge >= 0.3 is 11.9 Å². The van der Waals surface area contributed by atoms with Gasteiger partial charge in [0.05, 0.1) is 12.2 Å². The average Bonchev–Trinajstić information content (AvgIpc) is 3.19. The van der Waals surface area contributed by atoms with Crippen LogP contribution in [0.2, 0.25) is 0 Å². The molecule has 3 aliphatic rings. The summed E-state index contributed by atoms with van der Waals surface area (Å²) >= 11 is 1.26. The first-order chi connectivity index (χ1) is 19.4. The molecule has 0 aliphatic carbocycles. The van der Waals surface area contributed by atoms with E-state index in [4.69, 9.17) is 14.2 Å². The number of rotatable bonds is 7. The number of esters is 1. The van der Waals surface area contributed by atoms with E-state index in [1.54, 1.807) is 39.0 Å². The van der Waals surface area contributed by atoms with Gasteiger partial charge in [0.15, 0.2) is 6.10 Å². The highest BCUT2D eigenvalue weighted by Gasteiger charge is 2.65. The smallest absolute Gasteiger partial charge is 0.335 e. The van der Waals surface area contributed by atoms with Gasteiger partial charge in [-0.3, -0.25) is 9.59 Å². The zero-order valence-electron chi connectivity index (χ0n) is 22.3. The lowest BCUT2D eigenvalue weighted by Crippen LogP contribution is -2.71. The molecule has 0 bridgehead atoms. The maximum absolute atomic E-state index is 13.5. The van der Waals surface area contributed by atoms with Crippen molar-refractivity contribution >= 4 is 46.3 Å². The number of hydrogen-bond donors (Lipinski definition) is 5. The molecule has 14 heteroatoms. The van der Waals surface area contributed by atoms with Crippen molar-refractivity contribution in [3.8, 4) is 5.75 Å². The SMILES string of the molecule is CCOc1ccc2ccccc2c1C(=O)N[C@@H]1C(=O)N2[C@@H]1SC(C)(C)[C@@H]2C(=O)OC1OC(C(=O)O)C(O)C(O)C1O. The summed E-state index contributed by atoms with van der Waals surface area (Å²) in [6.45, 7) is 5.52. The third-order valence-corrected chi connectivity index (χ3v) is 8.99. The van der Waals surface area contributed by atoms with Crippen molar-refractivity contribution in [2.24, 2.45) is 0 Å². The Morgan fingerprint density at radius 3 is 2.46 bits per heavy atom. The number of aliphatic carboxylic acids is 1. The van der Waals surface area contributed by atoms with Crippen LogP contribution < -0.4 is 10.1 Å². The van der Waals surface area contributed by atoms with Crippen molar-refractivity contribution in [1.29, 1.82) is 0 Å². The lowest BCUT2D eigenvalue weighted by atomic mass is 9.95. The van der Waals surface area contributed by atoms with Gasteiger partial charge in [-0.05, 0) is 37.6 Å². The van der Waals surface area contributed by atoms with Gasteiger partial charge in [0.25, 0.3) is 5.91 Å². The van der Waals surface area contributed by atoms with Crippen LogP contribution >= 0.6 is 11.8 Å². The Hall–Kier alpha value is -3.43. The lowest BCUT2D eigenvalue weighted by molar-refractivity contribution is -0.287. The normalized spacial score (nSPS) is 32.1. The number of ether oxygens (including phenoxy) is 3. The van der Waals surface area contributed by atoms with Gasteiger partial charge in [0.1, 0.15) is 41.5 Å². The van der Waals surface area contributed by atoms with Crippen LogP contribution in [0.4, 0.5) is 0 Å². The molecule has 2 aromatic rings. The number of amides is 2. The number of nitrogens with one attached hydrogen (secondary N) is 1. The predicted octanol–water partition coefficient (Wildman–Crippen LogP) is -0.165. The first kappa shape index (κ1) is 29.1. The summed E-state index contributed by atoms with van der Waals surface area (Å²) in [5.74, 6) is -3.32. The summed E-state index contributed by atoms with van der Waals surface area (Å²) in [7, 11) is 0. The molecular weight excluding hydrogens is 560 g/mol. The molecule has 41 heavy (non-hydrogen) atoms. The van der Waals surface area contributed by atoms with E-state index in [1.165, 1.54) is 16.7 Å². The van der Waals surface area contributed by atoms with Crippen LogP contribution in [-0.4, -0.2) is 109 Å². The molecule has 13 nitrogen and oxygen atoms in total. The monoisotopic (exact) mass is 590 g/mol. The summed E-state index contributed by atoms with van der Waals surface area (Å²) in [5, 5.41) is 43.1. The van der Waals surface area contributed by atoms with Gasteiger partial charge < -0.3 is 44.9 Å². The zero-order chi connectivity index (χ0) is 29.8. The Kier molecular flexibility index (Phi) is 7.63. The van der Waals surface area contributed by atoms with E-state index in [1.807, 2.05) is 18.2 Å². The second-order valence-electron chi connectivity index (χ2n) is 10.5. The summed E-state index contributed by atoms with van der Waals surface area (Å²) < 4.78 is 15.1. The van der Waals surface area contributed by atoms with E-state index < -0.39 is 76.7 Å². The van der Waals surface area contributed by atoms with Crippen LogP contribution in [0.5, 0.6) is 5.75 Å². The molecule has 5 unspecified atom stereocenters. The van der Waals surface area contributed by atoms with E-state index in [0.29, 0.717) is 17.7 Å². The second kappa shape index (κ2) is 10.8. The fourth-order valence-corrected chi connectivity index (χ4v) is 7.05. The second-order valence-corrected chi connectivity index (χ2v) is 12.2. The molecule has 3 aliphatic heterocycles. The molecule has 0 spiro atoms. The topological polar surface area (TPSA) is 192 Å². The maximum Gasteiger partial charge on any atom is 0.335 e. The Balaban J connectivity index is 1.34. The molecular formula is C27H30N2O11S. The molecule has 3 fully saturated rings. The highest BCUT2D eigenvalue weighted by atomic mass is 32.2. The Labute approximate surface area is 238 Å². The minimum Gasteiger partial charge on any atom is -0.493 e. The number of nitrogens with zero attached hydrogens (tertiary/aromatic N) is 1. The fourth-order valence-electron chi connectivity index (χ4n) is 5.43. The fraction of sp³-hybridized carbons (Fsp3) is 0.481. The third-order valence-electron chi connectivity index (χ3n) is 7.41. The van der Waals surface area contributed by atoms with Crippen LogP contribution in [0.1, 0.15) is 31.1 Å². The van der Waals surface area contributed by atoms with Crippen LogP contribution in [0.25, 0.3) is 10.8 Å². The first-order valence-corrected chi connectivity index (χ1v) is 13.8. The number of carbonyl (C=O) groups excluding carboxylic acids is 3. The summed E-state index contributed by atoms with van der Waals surface area (Å²) in [6.07, 6.45) is -9.70. The minimum absolute atomic E-state index is 0.284. The molecule has 2 aromatic carbocycles. The Bertz CT molecular complexity index is 1400. The Morgan fingerprint density at radius 1 is 1.07 bits per heavy atom. The minimum atomic E-state index is -1.96. The highest BCUT2D eigenvalue weighted by molar-refractivity contribution is 8.01. The number of β-lactam (4-membered cyclic amide) rings is 1. The molecule has 5 rings (SSSR count). The number of hydrogen-bond acceptors (Lipinski definition) is 11. The van der Waals surface area contributed by atoms with Crippen LogP contribution in [0, 0.1) is 0 Å². The van der Waals surface area contributed by atoms with Crippen molar-refractivity contribution in [2.45, 2.75) is 73.7 Å². The quantitative estimate of drug-likeness (QED) is 0.212. The van der Waals surface area contributed by atoms with Crippen LogP contribution in [-0.2, 0) is 23.9 Å². The van der Waals surface area contributed by atoms with E-state index >= 15 is 0 Å². The van der Waals surface area contributed by atoms with Crippen LogP contribution in [0.3, 0.4) is 0 Å². The number of thioether (sulfide) groups is 1. The van der Waals surface area contributed by atoms with E-state index in [0.717, 1.165) is 5.39 Å². The van der Waals surface area contributed by atoms with Crippen molar-refractivity contribution in [2.75, 3.05) is 6.61 Å². The number of fused-ring (bicyclic) bond motifs is 2. The number of benzene rings is 2. The van der Waals surface area contributed by atoms with Gasteiger partial charge in [-0.1, -0.05) is 30.3 Å². The Morgan fingerprint density at radius 2 is 1.78 bits per heavy atom. The summed E-state index contributed by atoms with van der Waals surface area (Å²) in [6, 6.07) is 8.67.